The van der Waals surface area contributed by atoms with E-state index in [0.29, 0.717) is 24.2 Å². The standard InChI is InChI=1S/C16H19N3O3/c1-16(2,15(21)22)8-10-17-14(20)12-6-3-4-7-13(12)19-11-5-9-18-19/h3-7,9,11H,8,10H2,1-2H3,(H,17,20)(H,21,22). The number of carbonyl (C=O) groups is 2. The molecule has 0 spiro atoms. The summed E-state index contributed by atoms with van der Waals surface area (Å²) >= 11 is 0. The van der Waals surface area contributed by atoms with Gasteiger partial charge < -0.3 is 10.4 Å². The highest BCUT2D eigenvalue weighted by atomic mass is 16.4. The third-order valence-electron chi connectivity index (χ3n) is 3.51. The fourth-order valence-corrected chi connectivity index (χ4v) is 1.97. The molecule has 1 aromatic heterocycles. The molecule has 1 amide bonds. The van der Waals surface area contributed by atoms with Crippen LogP contribution in [0.25, 0.3) is 5.69 Å². The summed E-state index contributed by atoms with van der Waals surface area (Å²) in [6.45, 7) is 3.57. The molecule has 0 aliphatic carbocycles. The van der Waals surface area contributed by atoms with Crippen molar-refractivity contribution in [3.8, 4) is 5.69 Å². The summed E-state index contributed by atoms with van der Waals surface area (Å²) < 4.78 is 1.62. The van der Waals surface area contributed by atoms with Gasteiger partial charge in [-0.25, -0.2) is 4.68 Å². The highest BCUT2D eigenvalue weighted by Gasteiger charge is 2.26. The van der Waals surface area contributed by atoms with E-state index in [1.807, 2.05) is 12.1 Å². The predicted molar refractivity (Wildman–Crippen MR) is 81.9 cm³/mol. The summed E-state index contributed by atoms with van der Waals surface area (Å²) in [6, 6.07) is 8.92. The molecule has 0 unspecified atom stereocenters. The fourth-order valence-electron chi connectivity index (χ4n) is 1.97. The Hall–Kier alpha value is -2.63. The first kappa shape index (κ1) is 15.8. The molecule has 0 saturated heterocycles. The molecule has 22 heavy (non-hydrogen) atoms. The summed E-state index contributed by atoms with van der Waals surface area (Å²) in [5, 5.41) is 16.0. The Morgan fingerprint density at radius 3 is 2.64 bits per heavy atom. The van der Waals surface area contributed by atoms with Gasteiger partial charge in [0.15, 0.2) is 0 Å². The summed E-state index contributed by atoms with van der Waals surface area (Å²) in [7, 11) is 0. The molecule has 116 valence electrons. The van der Waals surface area contributed by atoms with E-state index < -0.39 is 11.4 Å². The first-order chi connectivity index (χ1) is 10.4. The second-order valence-corrected chi connectivity index (χ2v) is 5.66. The number of hydrogen-bond acceptors (Lipinski definition) is 3. The molecule has 6 heteroatoms. The van der Waals surface area contributed by atoms with E-state index in [-0.39, 0.29) is 5.91 Å². The lowest BCUT2D eigenvalue weighted by Gasteiger charge is -2.19. The molecule has 1 heterocycles. The topological polar surface area (TPSA) is 84.2 Å². The van der Waals surface area contributed by atoms with Crippen LogP contribution < -0.4 is 5.32 Å². The number of aliphatic carboxylic acids is 1. The number of carbonyl (C=O) groups excluding carboxylic acids is 1. The zero-order valence-electron chi connectivity index (χ0n) is 12.6. The number of carboxylic acids is 1. The summed E-state index contributed by atoms with van der Waals surface area (Å²) in [4.78, 5) is 23.4. The second-order valence-electron chi connectivity index (χ2n) is 5.66. The molecular weight excluding hydrogens is 282 g/mol. The Labute approximate surface area is 128 Å². The molecular formula is C16H19N3O3. The molecule has 2 N–H and O–H groups in total. The van der Waals surface area contributed by atoms with Crippen LogP contribution >= 0.6 is 0 Å². The smallest absolute Gasteiger partial charge is 0.309 e. The Kier molecular flexibility index (Phi) is 4.60. The van der Waals surface area contributed by atoms with Crippen molar-refractivity contribution in [2.45, 2.75) is 20.3 Å². The minimum Gasteiger partial charge on any atom is -0.481 e. The monoisotopic (exact) mass is 301 g/mol. The number of amides is 1. The third-order valence-corrected chi connectivity index (χ3v) is 3.51. The number of nitrogens with one attached hydrogen (secondary N) is 1. The van der Waals surface area contributed by atoms with Gasteiger partial charge in [0.05, 0.1) is 16.7 Å². The van der Waals surface area contributed by atoms with Crippen LogP contribution in [0.5, 0.6) is 0 Å². The molecule has 0 fully saturated rings. The van der Waals surface area contributed by atoms with E-state index in [2.05, 4.69) is 10.4 Å². The van der Waals surface area contributed by atoms with E-state index in [9.17, 15) is 9.59 Å². The number of carboxylic acid groups (broad SMARTS) is 1. The number of nitrogens with zero attached hydrogens (tertiary/aromatic N) is 2. The molecule has 1 aromatic carbocycles. The molecule has 2 aromatic rings. The van der Waals surface area contributed by atoms with Gasteiger partial charge in [0.2, 0.25) is 0 Å². The quantitative estimate of drug-likeness (QED) is 0.855. The zero-order valence-corrected chi connectivity index (χ0v) is 12.6. The summed E-state index contributed by atoms with van der Waals surface area (Å²) in [5.74, 6) is -1.12. The Bertz CT molecular complexity index is 663. The number of aromatic nitrogens is 2. The van der Waals surface area contributed by atoms with Gasteiger partial charge in [0.25, 0.3) is 5.91 Å². The fraction of sp³-hybridized carbons (Fsp3) is 0.312. The molecule has 0 aliphatic heterocycles. The Morgan fingerprint density at radius 2 is 2.00 bits per heavy atom. The molecule has 2 rings (SSSR count). The first-order valence-electron chi connectivity index (χ1n) is 7.02. The van der Waals surface area contributed by atoms with E-state index in [4.69, 9.17) is 5.11 Å². The van der Waals surface area contributed by atoms with Crippen LogP contribution in [0.4, 0.5) is 0 Å². The van der Waals surface area contributed by atoms with E-state index >= 15 is 0 Å². The average Bonchev–Trinajstić information content (AvgIpc) is 3.01. The van der Waals surface area contributed by atoms with Crippen molar-refractivity contribution in [3.05, 3.63) is 48.3 Å². The van der Waals surface area contributed by atoms with Crippen LogP contribution in [0, 0.1) is 5.41 Å². The van der Waals surface area contributed by atoms with Gasteiger partial charge in [0, 0.05) is 18.9 Å². The van der Waals surface area contributed by atoms with Gasteiger partial charge in [0.1, 0.15) is 0 Å². The number of para-hydroxylation sites is 1. The van der Waals surface area contributed by atoms with Crippen LogP contribution in [0.3, 0.4) is 0 Å². The number of benzene rings is 1. The largest absolute Gasteiger partial charge is 0.481 e. The Balaban J connectivity index is 2.07. The van der Waals surface area contributed by atoms with Gasteiger partial charge in [-0.2, -0.15) is 5.10 Å². The molecule has 0 atom stereocenters. The van der Waals surface area contributed by atoms with Crippen LogP contribution in [0.1, 0.15) is 30.6 Å². The van der Waals surface area contributed by atoms with Gasteiger partial charge >= 0.3 is 5.97 Å². The normalized spacial score (nSPS) is 11.2. The van der Waals surface area contributed by atoms with Crippen LogP contribution in [-0.2, 0) is 4.79 Å². The highest BCUT2D eigenvalue weighted by Crippen LogP contribution is 2.19. The first-order valence-corrected chi connectivity index (χ1v) is 7.02. The van der Waals surface area contributed by atoms with Crippen molar-refractivity contribution < 1.29 is 14.7 Å². The SMILES string of the molecule is CC(C)(CCNC(=O)c1ccccc1-n1cccn1)C(=O)O. The van der Waals surface area contributed by atoms with E-state index in [1.165, 1.54) is 0 Å². The van der Waals surface area contributed by atoms with Gasteiger partial charge in [-0.3, -0.25) is 9.59 Å². The highest BCUT2D eigenvalue weighted by molar-refractivity contribution is 5.97. The molecule has 0 bridgehead atoms. The predicted octanol–water partition coefficient (Wildman–Crippen LogP) is 2.10. The van der Waals surface area contributed by atoms with E-state index in [0.717, 1.165) is 0 Å². The summed E-state index contributed by atoms with van der Waals surface area (Å²) in [5.41, 5.74) is 0.316. The molecule has 0 radical (unpaired) electrons. The maximum absolute atomic E-state index is 12.3. The number of hydrogen-bond donors (Lipinski definition) is 2. The van der Waals surface area contributed by atoms with Crippen molar-refractivity contribution >= 4 is 11.9 Å². The van der Waals surface area contributed by atoms with Crippen LogP contribution in [-0.4, -0.2) is 33.3 Å². The maximum Gasteiger partial charge on any atom is 0.309 e. The van der Waals surface area contributed by atoms with Gasteiger partial charge in [-0.15, -0.1) is 0 Å². The lowest BCUT2D eigenvalue weighted by atomic mass is 9.89. The second kappa shape index (κ2) is 6.43. The van der Waals surface area contributed by atoms with Crippen molar-refractivity contribution in [1.29, 1.82) is 0 Å². The van der Waals surface area contributed by atoms with Gasteiger partial charge in [-0.05, 0) is 38.5 Å². The van der Waals surface area contributed by atoms with Crippen LogP contribution in [0.15, 0.2) is 42.7 Å². The molecule has 0 saturated carbocycles. The van der Waals surface area contributed by atoms with Crippen molar-refractivity contribution in [2.75, 3.05) is 6.54 Å². The summed E-state index contributed by atoms with van der Waals surface area (Å²) in [6.07, 6.45) is 3.77. The lowest BCUT2D eigenvalue weighted by molar-refractivity contribution is -0.147. The number of rotatable bonds is 6. The minimum atomic E-state index is -0.876. The lowest BCUT2D eigenvalue weighted by Crippen LogP contribution is -2.32. The maximum atomic E-state index is 12.3. The van der Waals surface area contributed by atoms with Crippen molar-refractivity contribution in [1.82, 2.24) is 15.1 Å². The van der Waals surface area contributed by atoms with E-state index in [1.54, 1.807) is 49.1 Å². The third kappa shape index (κ3) is 3.52. The zero-order chi connectivity index (χ0) is 16.2. The van der Waals surface area contributed by atoms with Crippen molar-refractivity contribution in [2.24, 2.45) is 5.41 Å². The van der Waals surface area contributed by atoms with Crippen molar-refractivity contribution in [3.63, 3.8) is 0 Å². The van der Waals surface area contributed by atoms with Crippen LogP contribution in [0.2, 0.25) is 0 Å². The van der Waals surface area contributed by atoms with Gasteiger partial charge in [-0.1, -0.05) is 12.1 Å². The average molecular weight is 301 g/mol. The minimum absolute atomic E-state index is 0.243. The Morgan fingerprint density at radius 1 is 1.27 bits per heavy atom. The molecule has 6 nitrogen and oxygen atoms in total. The molecule has 0 aliphatic rings.